The highest BCUT2D eigenvalue weighted by Gasteiger charge is 2.07. The number of hydrogen-bond donors (Lipinski definition) is 0. The molecule has 0 aromatic carbocycles. The van der Waals surface area contributed by atoms with Crippen LogP contribution in [0.25, 0.3) is 0 Å². The lowest BCUT2D eigenvalue weighted by atomic mass is 9.98. The van der Waals surface area contributed by atoms with Gasteiger partial charge in [-0.25, -0.2) is 4.39 Å². The first-order valence-corrected chi connectivity index (χ1v) is 3.23. The topological polar surface area (TPSA) is 0 Å². The first-order chi connectivity index (χ1) is 4.18. The fourth-order valence-electron chi connectivity index (χ4n) is 1.17. The van der Waals surface area contributed by atoms with Crippen LogP contribution in [0.1, 0.15) is 20.3 Å². The fourth-order valence-corrected chi connectivity index (χ4v) is 1.17. The molecule has 0 bridgehead atoms. The van der Waals surface area contributed by atoms with Crippen LogP contribution in [0.2, 0.25) is 0 Å². The van der Waals surface area contributed by atoms with Crippen LogP contribution in [0, 0.1) is 5.92 Å². The molecular weight excluding hydrogens is 115 g/mol. The highest BCUT2D eigenvalue weighted by molar-refractivity contribution is 5.23. The summed E-state index contributed by atoms with van der Waals surface area (Å²) in [6.45, 7) is 3.95. The third kappa shape index (κ3) is 1.67. The Bertz CT molecular complexity index is 165. The van der Waals surface area contributed by atoms with E-state index in [0.717, 1.165) is 5.57 Å². The van der Waals surface area contributed by atoms with E-state index in [-0.39, 0.29) is 5.83 Å². The van der Waals surface area contributed by atoms with Crippen molar-refractivity contribution in [1.82, 2.24) is 0 Å². The minimum Gasteiger partial charge on any atom is -0.212 e. The minimum atomic E-state index is 0.0162. The zero-order chi connectivity index (χ0) is 6.85. The molecule has 1 unspecified atom stereocenters. The van der Waals surface area contributed by atoms with E-state index in [1.54, 1.807) is 6.08 Å². The predicted octanol–water partition coefficient (Wildman–Crippen LogP) is 2.83. The Labute approximate surface area is 55.1 Å². The van der Waals surface area contributed by atoms with Crippen molar-refractivity contribution in [2.45, 2.75) is 20.3 Å². The van der Waals surface area contributed by atoms with Gasteiger partial charge in [0.05, 0.1) is 0 Å². The molecule has 50 valence electrons. The normalized spacial score (nSPS) is 27.2. The van der Waals surface area contributed by atoms with Gasteiger partial charge in [0, 0.05) is 6.42 Å². The largest absolute Gasteiger partial charge is 0.212 e. The van der Waals surface area contributed by atoms with Gasteiger partial charge in [-0.1, -0.05) is 18.6 Å². The van der Waals surface area contributed by atoms with Crippen molar-refractivity contribution in [3.63, 3.8) is 0 Å². The van der Waals surface area contributed by atoms with Gasteiger partial charge in [0.2, 0.25) is 0 Å². The molecule has 0 aromatic heterocycles. The molecule has 1 aliphatic rings. The van der Waals surface area contributed by atoms with Gasteiger partial charge in [-0.05, 0) is 18.9 Å². The molecule has 1 heteroatoms. The summed E-state index contributed by atoms with van der Waals surface area (Å²) in [4.78, 5) is 0. The van der Waals surface area contributed by atoms with Crippen LogP contribution in [0.15, 0.2) is 23.6 Å². The molecule has 9 heavy (non-hydrogen) atoms. The molecule has 0 heterocycles. The second-order valence-electron chi connectivity index (χ2n) is 2.68. The Morgan fingerprint density at radius 3 is 2.78 bits per heavy atom. The second kappa shape index (κ2) is 2.34. The Hall–Kier alpha value is -0.590. The molecule has 1 rings (SSSR count). The molecular formula is C8H11F. The van der Waals surface area contributed by atoms with E-state index in [2.05, 4.69) is 6.08 Å². The fraction of sp³-hybridized carbons (Fsp3) is 0.500. The maximum absolute atomic E-state index is 12.5. The van der Waals surface area contributed by atoms with Gasteiger partial charge in [-0.15, -0.1) is 0 Å². The van der Waals surface area contributed by atoms with Crippen LogP contribution in [-0.2, 0) is 0 Å². The van der Waals surface area contributed by atoms with Crippen molar-refractivity contribution in [2.24, 2.45) is 5.92 Å². The lowest BCUT2D eigenvalue weighted by molar-refractivity contribution is 0.532. The molecule has 0 nitrogen and oxygen atoms in total. The lowest BCUT2D eigenvalue weighted by Gasteiger charge is -2.10. The zero-order valence-corrected chi connectivity index (χ0v) is 5.82. The van der Waals surface area contributed by atoms with Gasteiger partial charge in [-0.2, -0.15) is 0 Å². The Kier molecular flexibility index (Phi) is 1.70. The van der Waals surface area contributed by atoms with Crippen LogP contribution >= 0.6 is 0 Å². The van der Waals surface area contributed by atoms with E-state index >= 15 is 0 Å². The van der Waals surface area contributed by atoms with Crippen LogP contribution in [0.5, 0.6) is 0 Å². The van der Waals surface area contributed by atoms with Gasteiger partial charge in [0.1, 0.15) is 5.83 Å². The van der Waals surface area contributed by atoms with Gasteiger partial charge in [0.15, 0.2) is 0 Å². The second-order valence-corrected chi connectivity index (χ2v) is 2.68. The zero-order valence-electron chi connectivity index (χ0n) is 5.82. The Balaban J connectivity index is 2.74. The molecule has 0 fully saturated rings. The van der Waals surface area contributed by atoms with Crippen molar-refractivity contribution < 1.29 is 4.39 Å². The van der Waals surface area contributed by atoms with E-state index in [0.29, 0.717) is 12.3 Å². The molecule has 0 amide bonds. The van der Waals surface area contributed by atoms with Crippen molar-refractivity contribution in [3.05, 3.63) is 23.6 Å². The average Bonchev–Trinajstić information content (AvgIpc) is 1.59. The van der Waals surface area contributed by atoms with Crippen LogP contribution in [0.4, 0.5) is 4.39 Å². The maximum atomic E-state index is 12.5. The first kappa shape index (κ1) is 6.53. The third-order valence-corrected chi connectivity index (χ3v) is 1.45. The molecule has 1 atom stereocenters. The summed E-state index contributed by atoms with van der Waals surface area (Å²) in [7, 11) is 0. The summed E-state index contributed by atoms with van der Waals surface area (Å²) in [6.07, 6.45) is 4.26. The average molecular weight is 126 g/mol. The van der Waals surface area contributed by atoms with E-state index in [1.165, 1.54) is 0 Å². The Morgan fingerprint density at radius 2 is 2.33 bits per heavy atom. The lowest BCUT2D eigenvalue weighted by Crippen LogP contribution is -1.96. The van der Waals surface area contributed by atoms with Gasteiger partial charge in [0.25, 0.3) is 0 Å². The van der Waals surface area contributed by atoms with Gasteiger partial charge < -0.3 is 0 Å². The number of rotatable bonds is 0. The summed E-state index contributed by atoms with van der Waals surface area (Å²) < 4.78 is 12.5. The number of allylic oxidation sites excluding steroid dienone is 4. The van der Waals surface area contributed by atoms with Crippen molar-refractivity contribution in [1.29, 1.82) is 0 Å². The SMILES string of the molecule is CC1=CC(C)CC(F)=C1. The molecule has 1 aliphatic carbocycles. The maximum Gasteiger partial charge on any atom is 0.101 e. The molecule has 0 aromatic rings. The molecule has 0 aliphatic heterocycles. The molecule has 0 radical (unpaired) electrons. The summed E-state index contributed by atoms with van der Waals surface area (Å²) in [5.41, 5.74) is 1.05. The first-order valence-electron chi connectivity index (χ1n) is 3.23. The van der Waals surface area contributed by atoms with Crippen LogP contribution in [-0.4, -0.2) is 0 Å². The minimum absolute atomic E-state index is 0.0162. The summed E-state index contributed by atoms with van der Waals surface area (Å²) in [5, 5.41) is 0. The van der Waals surface area contributed by atoms with E-state index in [4.69, 9.17) is 0 Å². The quantitative estimate of drug-likeness (QED) is 0.468. The number of hydrogen-bond acceptors (Lipinski definition) is 0. The van der Waals surface area contributed by atoms with Gasteiger partial charge >= 0.3 is 0 Å². The molecule has 0 saturated carbocycles. The van der Waals surface area contributed by atoms with E-state index in [1.807, 2.05) is 13.8 Å². The van der Waals surface area contributed by atoms with Gasteiger partial charge in [-0.3, -0.25) is 0 Å². The van der Waals surface area contributed by atoms with Crippen molar-refractivity contribution in [3.8, 4) is 0 Å². The monoisotopic (exact) mass is 126 g/mol. The summed E-state index contributed by atoms with van der Waals surface area (Å²) >= 11 is 0. The predicted molar refractivity (Wildman–Crippen MR) is 36.7 cm³/mol. The standard InChI is InChI=1S/C8H11F/c1-6-3-7(2)5-8(9)4-6/h3-4,7H,5H2,1-2H3. The molecule has 0 spiro atoms. The van der Waals surface area contributed by atoms with E-state index in [9.17, 15) is 4.39 Å². The molecule has 0 saturated heterocycles. The highest BCUT2D eigenvalue weighted by Crippen LogP contribution is 2.22. The number of halogens is 1. The molecule has 0 N–H and O–H groups in total. The van der Waals surface area contributed by atoms with Crippen LogP contribution < -0.4 is 0 Å². The Morgan fingerprint density at radius 1 is 1.67 bits per heavy atom. The third-order valence-electron chi connectivity index (χ3n) is 1.45. The summed E-state index contributed by atoms with van der Waals surface area (Å²) in [5.74, 6) is 0.400. The van der Waals surface area contributed by atoms with Crippen LogP contribution in [0.3, 0.4) is 0 Å². The van der Waals surface area contributed by atoms with Crippen molar-refractivity contribution >= 4 is 0 Å². The summed E-state index contributed by atoms with van der Waals surface area (Å²) in [6, 6.07) is 0. The highest BCUT2D eigenvalue weighted by atomic mass is 19.1. The smallest absolute Gasteiger partial charge is 0.101 e. The van der Waals surface area contributed by atoms with E-state index < -0.39 is 0 Å². The van der Waals surface area contributed by atoms with Crippen molar-refractivity contribution in [2.75, 3.05) is 0 Å².